The smallest absolute Gasteiger partial charge is 0.223 e. The minimum atomic E-state index is 0.255. The standard InChI is InChI=1S/C26H34N2O4/c1-30-21-11-8-19(9-12-21)18-28-23-14-15-27(22(23)6-4-5-7-26(28)29)17-20-10-13-24(31-2)25(16-20)32-3/h8-13,16,22-23H,4-7,14-15,17-18H2,1-3H3/t22-,23+/m1/s1. The molecule has 0 aromatic heterocycles. The number of amides is 1. The number of carbonyl (C=O) groups excluding carboxylic acids is 1. The third kappa shape index (κ3) is 4.85. The van der Waals surface area contributed by atoms with E-state index in [0.29, 0.717) is 19.0 Å². The van der Waals surface area contributed by atoms with E-state index < -0.39 is 0 Å². The molecule has 2 saturated heterocycles. The Kier molecular flexibility index (Phi) is 7.20. The van der Waals surface area contributed by atoms with Gasteiger partial charge in [-0.1, -0.05) is 24.6 Å². The number of carbonyl (C=O) groups is 1. The van der Waals surface area contributed by atoms with Crippen molar-refractivity contribution in [2.24, 2.45) is 0 Å². The van der Waals surface area contributed by atoms with Crippen LogP contribution in [-0.4, -0.2) is 55.7 Å². The molecule has 0 saturated carbocycles. The average molecular weight is 439 g/mol. The van der Waals surface area contributed by atoms with E-state index in [0.717, 1.165) is 61.6 Å². The van der Waals surface area contributed by atoms with E-state index >= 15 is 0 Å². The maximum absolute atomic E-state index is 13.1. The number of likely N-dealkylation sites (tertiary alicyclic amines) is 2. The van der Waals surface area contributed by atoms with Gasteiger partial charge in [-0.3, -0.25) is 9.69 Å². The minimum absolute atomic E-state index is 0.255. The van der Waals surface area contributed by atoms with E-state index in [1.165, 1.54) is 5.56 Å². The molecule has 4 rings (SSSR count). The third-order valence-corrected chi connectivity index (χ3v) is 6.83. The van der Waals surface area contributed by atoms with Crippen molar-refractivity contribution >= 4 is 5.91 Å². The lowest BCUT2D eigenvalue weighted by Gasteiger charge is -2.37. The van der Waals surface area contributed by atoms with Gasteiger partial charge < -0.3 is 19.1 Å². The van der Waals surface area contributed by atoms with Crippen LogP contribution in [0.1, 0.15) is 43.2 Å². The summed E-state index contributed by atoms with van der Waals surface area (Å²) in [5.74, 6) is 2.63. The molecule has 0 unspecified atom stereocenters. The molecule has 172 valence electrons. The van der Waals surface area contributed by atoms with Crippen LogP contribution in [0.2, 0.25) is 0 Å². The summed E-state index contributed by atoms with van der Waals surface area (Å²) in [6.07, 6.45) is 4.86. The van der Waals surface area contributed by atoms with Gasteiger partial charge in [-0.25, -0.2) is 0 Å². The summed E-state index contributed by atoms with van der Waals surface area (Å²) in [6.45, 7) is 2.51. The highest BCUT2D eigenvalue weighted by Crippen LogP contribution is 2.34. The molecule has 2 aromatic rings. The van der Waals surface area contributed by atoms with E-state index in [1.54, 1.807) is 21.3 Å². The van der Waals surface area contributed by atoms with Gasteiger partial charge in [0.25, 0.3) is 0 Å². The van der Waals surface area contributed by atoms with Gasteiger partial charge in [-0.15, -0.1) is 0 Å². The number of hydrogen-bond acceptors (Lipinski definition) is 5. The zero-order chi connectivity index (χ0) is 22.5. The second-order valence-electron chi connectivity index (χ2n) is 8.70. The molecule has 0 N–H and O–H groups in total. The molecule has 6 heteroatoms. The fraction of sp³-hybridized carbons (Fsp3) is 0.500. The molecule has 2 fully saturated rings. The number of nitrogens with zero attached hydrogens (tertiary/aromatic N) is 2. The van der Waals surface area contributed by atoms with Gasteiger partial charge in [0.1, 0.15) is 5.75 Å². The predicted octanol–water partition coefficient (Wildman–Crippen LogP) is 4.26. The van der Waals surface area contributed by atoms with Crippen LogP contribution in [0.3, 0.4) is 0 Å². The minimum Gasteiger partial charge on any atom is -0.497 e. The second-order valence-corrected chi connectivity index (χ2v) is 8.70. The van der Waals surface area contributed by atoms with Crippen LogP contribution in [0, 0.1) is 0 Å². The summed E-state index contributed by atoms with van der Waals surface area (Å²) in [4.78, 5) is 17.8. The first-order chi connectivity index (χ1) is 15.6. The van der Waals surface area contributed by atoms with Gasteiger partial charge in [0, 0.05) is 38.1 Å². The molecular weight excluding hydrogens is 404 g/mol. The predicted molar refractivity (Wildman–Crippen MR) is 124 cm³/mol. The van der Waals surface area contributed by atoms with Crippen LogP contribution in [0.25, 0.3) is 0 Å². The zero-order valence-corrected chi connectivity index (χ0v) is 19.4. The maximum atomic E-state index is 13.1. The molecule has 2 aromatic carbocycles. The molecular formula is C26H34N2O4. The van der Waals surface area contributed by atoms with Crippen LogP contribution >= 0.6 is 0 Å². The van der Waals surface area contributed by atoms with Crippen molar-refractivity contribution in [3.63, 3.8) is 0 Å². The zero-order valence-electron chi connectivity index (χ0n) is 19.4. The van der Waals surface area contributed by atoms with Gasteiger partial charge in [-0.05, 0) is 54.7 Å². The Labute approximate surface area is 191 Å². The molecule has 6 nitrogen and oxygen atoms in total. The number of ether oxygens (including phenoxy) is 3. The Morgan fingerprint density at radius 1 is 0.812 bits per heavy atom. The average Bonchev–Trinajstić information content (AvgIpc) is 3.20. The largest absolute Gasteiger partial charge is 0.497 e. The van der Waals surface area contributed by atoms with Crippen molar-refractivity contribution in [2.75, 3.05) is 27.9 Å². The maximum Gasteiger partial charge on any atom is 0.223 e. The van der Waals surface area contributed by atoms with Gasteiger partial charge in [0.2, 0.25) is 5.91 Å². The topological polar surface area (TPSA) is 51.2 Å². The molecule has 0 radical (unpaired) electrons. The molecule has 32 heavy (non-hydrogen) atoms. The molecule has 0 bridgehead atoms. The van der Waals surface area contributed by atoms with Crippen LogP contribution in [0.5, 0.6) is 17.2 Å². The summed E-state index contributed by atoms with van der Waals surface area (Å²) < 4.78 is 16.2. The molecule has 2 heterocycles. The number of fused-ring (bicyclic) bond motifs is 1. The van der Waals surface area contributed by atoms with Crippen molar-refractivity contribution < 1.29 is 19.0 Å². The number of rotatable bonds is 7. The fourth-order valence-corrected chi connectivity index (χ4v) is 5.14. The SMILES string of the molecule is COc1ccc(CN2C(=O)CCCC[C@@H]3[C@@H]2CCN3Cc2ccc(OC)c(OC)c2)cc1. The highest BCUT2D eigenvalue weighted by molar-refractivity contribution is 5.76. The summed E-state index contributed by atoms with van der Waals surface area (Å²) in [7, 11) is 5.00. The Balaban J connectivity index is 1.52. The highest BCUT2D eigenvalue weighted by Gasteiger charge is 2.40. The molecule has 0 spiro atoms. The Bertz CT molecular complexity index is 915. The van der Waals surface area contributed by atoms with Crippen molar-refractivity contribution in [1.82, 2.24) is 9.80 Å². The lowest BCUT2D eigenvalue weighted by molar-refractivity contribution is -0.135. The molecule has 2 aliphatic rings. The van der Waals surface area contributed by atoms with E-state index in [4.69, 9.17) is 14.2 Å². The first-order valence-electron chi connectivity index (χ1n) is 11.5. The van der Waals surface area contributed by atoms with Crippen LogP contribution in [0.15, 0.2) is 42.5 Å². The van der Waals surface area contributed by atoms with Crippen molar-refractivity contribution in [1.29, 1.82) is 0 Å². The van der Waals surface area contributed by atoms with Crippen LogP contribution < -0.4 is 14.2 Å². The van der Waals surface area contributed by atoms with Crippen molar-refractivity contribution in [3.05, 3.63) is 53.6 Å². The molecule has 2 atom stereocenters. The fourth-order valence-electron chi connectivity index (χ4n) is 5.14. The van der Waals surface area contributed by atoms with Gasteiger partial charge in [-0.2, -0.15) is 0 Å². The Morgan fingerprint density at radius 2 is 1.56 bits per heavy atom. The van der Waals surface area contributed by atoms with Crippen LogP contribution in [-0.2, 0) is 17.9 Å². The van der Waals surface area contributed by atoms with E-state index in [9.17, 15) is 4.79 Å². The highest BCUT2D eigenvalue weighted by atomic mass is 16.5. The normalized spacial score (nSPS) is 21.6. The quantitative estimate of drug-likeness (QED) is 0.647. The van der Waals surface area contributed by atoms with Crippen LogP contribution in [0.4, 0.5) is 0 Å². The first kappa shape index (κ1) is 22.5. The first-order valence-corrected chi connectivity index (χ1v) is 11.5. The number of benzene rings is 2. The van der Waals surface area contributed by atoms with Gasteiger partial charge in [0.15, 0.2) is 11.5 Å². The van der Waals surface area contributed by atoms with E-state index in [1.807, 2.05) is 18.2 Å². The van der Waals surface area contributed by atoms with Crippen molar-refractivity contribution in [2.45, 2.75) is 57.3 Å². The van der Waals surface area contributed by atoms with E-state index in [-0.39, 0.29) is 11.9 Å². The lowest BCUT2D eigenvalue weighted by Crippen LogP contribution is -2.48. The van der Waals surface area contributed by atoms with Gasteiger partial charge in [0.05, 0.1) is 21.3 Å². The van der Waals surface area contributed by atoms with Gasteiger partial charge >= 0.3 is 0 Å². The lowest BCUT2D eigenvalue weighted by atomic mass is 9.96. The summed E-state index contributed by atoms with van der Waals surface area (Å²) >= 11 is 0. The third-order valence-electron chi connectivity index (χ3n) is 6.83. The molecule has 1 amide bonds. The number of hydrogen-bond donors (Lipinski definition) is 0. The summed E-state index contributed by atoms with van der Waals surface area (Å²) in [5, 5.41) is 0. The monoisotopic (exact) mass is 438 g/mol. The summed E-state index contributed by atoms with van der Waals surface area (Å²) in [5.41, 5.74) is 2.36. The Morgan fingerprint density at radius 3 is 2.28 bits per heavy atom. The van der Waals surface area contributed by atoms with E-state index in [2.05, 4.69) is 34.1 Å². The molecule has 0 aliphatic carbocycles. The number of methoxy groups -OCH3 is 3. The Hall–Kier alpha value is -2.73. The second kappa shape index (κ2) is 10.3. The molecule has 2 aliphatic heterocycles. The summed E-state index contributed by atoms with van der Waals surface area (Å²) in [6, 6.07) is 14.9. The van der Waals surface area contributed by atoms with Crippen molar-refractivity contribution in [3.8, 4) is 17.2 Å².